The molecule has 0 aromatic rings. The van der Waals surface area contributed by atoms with Crippen molar-refractivity contribution in [2.75, 3.05) is 6.61 Å². The summed E-state index contributed by atoms with van der Waals surface area (Å²) < 4.78 is 5.36. The third-order valence-corrected chi connectivity index (χ3v) is 7.17. The van der Waals surface area contributed by atoms with Crippen LogP contribution < -0.4 is 0 Å². The average Bonchev–Trinajstić information content (AvgIpc) is 2.82. The smallest absolute Gasteiger partial charge is 0.160 e. The van der Waals surface area contributed by atoms with Gasteiger partial charge in [-0.1, -0.05) is 174 Å². The van der Waals surface area contributed by atoms with Gasteiger partial charge in [0.15, 0.2) is 5.05 Å². The Morgan fingerprint density at radius 2 is 0.788 bits per heavy atom. The van der Waals surface area contributed by atoms with E-state index in [1.165, 1.54) is 161 Å². The van der Waals surface area contributed by atoms with E-state index < -0.39 is 0 Å². The van der Waals surface area contributed by atoms with E-state index in [4.69, 9.17) is 17.0 Å². The summed E-state index contributed by atoms with van der Waals surface area (Å²) in [4.78, 5) is 0. The predicted molar refractivity (Wildman–Crippen MR) is 154 cm³/mol. The Labute approximate surface area is 214 Å². The number of unbranched alkanes of at least 4 members (excludes halogenated alkanes) is 24. The largest absolute Gasteiger partial charge is 0.483 e. The Kier molecular flexibility index (Phi) is 29.3. The molecule has 0 aromatic carbocycles. The molecule has 0 saturated heterocycles. The fourth-order valence-electron chi connectivity index (χ4n) is 4.63. The van der Waals surface area contributed by atoms with Gasteiger partial charge in [-0.05, 0) is 18.6 Å². The van der Waals surface area contributed by atoms with Crippen molar-refractivity contribution >= 4 is 17.3 Å². The van der Waals surface area contributed by atoms with Crippen molar-refractivity contribution in [3.8, 4) is 0 Å². The molecule has 196 valence electrons. The predicted octanol–water partition coefficient (Wildman–Crippen LogP) is 11.7. The van der Waals surface area contributed by atoms with Gasteiger partial charge in [-0.15, -0.1) is 0 Å². The van der Waals surface area contributed by atoms with E-state index in [9.17, 15) is 0 Å². The molecule has 1 nitrogen and oxygen atoms in total. The van der Waals surface area contributed by atoms with E-state index in [1.54, 1.807) is 6.08 Å². The lowest BCUT2D eigenvalue weighted by Crippen LogP contribution is -2.01. The monoisotopic (exact) mass is 480 g/mol. The maximum atomic E-state index is 5.36. The van der Waals surface area contributed by atoms with Crippen molar-refractivity contribution in [2.24, 2.45) is 0 Å². The Morgan fingerprint density at radius 3 is 1.06 bits per heavy atom. The molecule has 0 heterocycles. The summed E-state index contributed by atoms with van der Waals surface area (Å²) in [7, 11) is 0. The highest BCUT2D eigenvalue weighted by atomic mass is 32.1. The highest BCUT2D eigenvalue weighted by molar-refractivity contribution is 7.80. The van der Waals surface area contributed by atoms with Crippen LogP contribution in [-0.2, 0) is 4.74 Å². The van der Waals surface area contributed by atoms with E-state index in [0.717, 1.165) is 11.5 Å². The maximum absolute atomic E-state index is 5.36. The molecule has 0 aromatic heterocycles. The van der Waals surface area contributed by atoms with Crippen LogP contribution in [0.15, 0.2) is 12.7 Å². The zero-order chi connectivity index (χ0) is 24.1. The first-order valence-corrected chi connectivity index (χ1v) is 15.5. The third kappa shape index (κ3) is 29.6. The van der Waals surface area contributed by atoms with Crippen LogP contribution in [0.5, 0.6) is 0 Å². The zero-order valence-corrected chi connectivity index (χ0v) is 23.5. The minimum Gasteiger partial charge on any atom is -0.483 e. The molecule has 0 bridgehead atoms. The Bertz CT molecular complexity index is 392. The van der Waals surface area contributed by atoms with Crippen LogP contribution in [0.2, 0.25) is 0 Å². The van der Waals surface area contributed by atoms with Crippen LogP contribution >= 0.6 is 12.2 Å². The number of rotatable bonds is 28. The highest BCUT2D eigenvalue weighted by Crippen LogP contribution is 2.16. The minimum atomic E-state index is 0.554. The first-order valence-electron chi connectivity index (χ1n) is 15.1. The second-order valence-corrected chi connectivity index (χ2v) is 10.7. The average molecular weight is 481 g/mol. The lowest BCUT2D eigenvalue weighted by Gasteiger charge is -2.05. The molecule has 0 rings (SSSR count). The maximum Gasteiger partial charge on any atom is 0.160 e. The standard InChI is InChI=1S/C31H60OS/c1-3-5-6-7-8-9-10-11-12-13-14-15-16-17-18-19-20-21-22-23-24-25-26-27-28-29-31(33)32-30-4-2/h4H,2-3,5-30H2,1H3. The number of hydrogen-bond donors (Lipinski definition) is 0. The molecule has 0 aliphatic heterocycles. The van der Waals surface area contributed by atoms with Gasteiger partial charge in [0, 0.05) is 6.42 Å². The van der Waals surface area contributed by atoms with Crippen molar-refractivity contribution in [1.29, 1.82) is 0 Å². The summed E-state index contributed by atoms with van der Waals surface area (Å²) in [5.74, 6) is 0. The summed E-state index contributed by atoms with van der Waals surface area (Å²) in [5.41, 5.74) is 0. The lowest BCUT2D eigenvalue weighted by molar-refractivity contribution is 0.348. The fraction of sp³-hybridized carbons (Fsp3) is 0.903. The highest BCUT2D eigenvalue weighted by Gasteiger charge is 1.98. The van der Waals surface area contributed by atoms with Crippen molar-refractivity contribution in [2.45, 2.75) is 174 Å². The molecule has 0 spiro atoms. The van der Waals surface area contributed by atoms with E-state index in [2.05, 4.69) is 13.5 Å². The third-order valence-electron chi connectivity index (χ3n) is 6.85. The van der Waals surface area contributed by atoms with Gasteiger partial charge in [0.25, 0.3) is 0 Å². The molecule has 0 saturated carbocycles. The molecule has 0 aliphatic carbocycles. The van der Waals surface area contributed by atoms with Crippen LogP contribution in [0.3, 0.4) is 0 Å². The number of ether oxygens (including phenoxy) is 1. The van der Waals surface area contributed by atoms with Gasteiger partial charge < -0.3 is 4.74 Å². The quantitative estimate of drug-likeness (QED) is 0.0625. The molecule has 0 aliphatic rings. The first kappa shape index (κ1) is 32.6. The number of hydrogen-bond acceptors (Lipinski definition) is 2. The minimum absolute atomic E-state index is 0.554. The van der Waals surface area contributed by atoms with Crippen molar-refractivity contribution in [3.63, 3.8) is 0 Å². The topological polar surface area (TPSA) is 9.23 Å². The van der Waals surface area contributed by atoms with E-state index in [1.807, 2.05) is 0 Å². The van der Waals surface area contributed by atoms with E-state index >= 15 is 0 Å². The van der Waals surface area contributed by atoms with Crippen LogP contribution in [0.4, 0.5) is 0 Å². The van der Waals surface area contributed by atoms with Gasteiger partial charge in [-0.25, -0.2) is 0 Å². The Balaban J connectivity index is 3.05. The SMILES string of the molecule is C=CCOC(=S)CCCCCCCCCCCCCCCCCCCCCCCCCCC. The Morgan fingerprint density at radius 1 is 0.515 bits per heavy atom. The van der Waals surface area contributed by atoms with Gasteiger partial charge >= 0.3 is 0 Å². The van der Waals surface area contributed by atoms with Gasteiger partial charge in [-0.2, -0.15) is 0 Å². The summed E-state index contributed by atoms with van der Waals surface area (Å²) >= 11 is 5.19. The van der Waals surface area contributed by atoms with Gasteiger partial charge in [-0.3, -0.25) is 0 Å². The molecule has 33 heavy (non-hydrogen) atoms. The second-order valence-electron chi connectivity index (χ2n) is 10.2. The van der Waals surface area contributed by atoms with E-state index in [0.29, 0.717) is 6.61 Å². The van der Waals surface area contributed by atoms with Gasteiger partial charge in [0.05, 0.1) is 0 Å². The summed E-state index contributed by atoms with van der Waals surface area (Å²) in [6.45, 7) is 6.50. The number of thiocarbonyl (C=S) groups is 1. The van der Waals surface area contributed by atoms with E-state index in [-0.39, 0.29) is 0 Å². The summed E-state index contributed by atoms with van der Waals surface area (Å²) in [6, 6.07) is 0. The second kappa shape index (κ2) is 29.7. The molecule has 0 atom stereocenters. The fourth-order valence-corrected chi connectivity index (χ4v) is 4.84. The first-order chi connectivity index (χ1) is 16.3. The lowest BCUT2D eigenvalue weighted by atomic mass is 10.0. The molecular formula is C31H60OS. The van der Waals surface area contributed by atoms with Crippen molar-refractivity contribution in [1.82, 2.24) is 0 Å². The van der Waals surface area contributed by atoms with Gasteiger partial charge in [0.1, 0.15) is 6.61 Å². The van der Waals surface area contributed by atoms with Crippen molar-refractivity contribution in [3.05, 3.63) is 12.7 Å². The molecule has 2 heteroatoms. The zero-order valence-electron chi connectivity index (χ0n) is 22.7. The molecule has 0 fully saturated rings. The summed E-state index contributed by atoms with van der Waals surface area (Å²) in [6.07, 6.45) is 38.5. The van der Waals surface area contributed by atoms with Crippen LogP contribution in [-0.4, -0.2) is 11.7 Å². The summed E-state index contributed by atoms with van der Waals surface area (Å²) in [5, 5.41) is 0.754. The molecule has 0 N–H and O–H groups in total. The van der Waals surface area contributed by atoms with Crippen LogP contribution in [0.25, 0.3) is 0 Å². The Hall–Kier alpha value is -0.370. The molecule has 0 radical (unpaired) electrons. The van der Waals surface area contributed by atoms with Crippen LogP contribution in [0, 0.1) is 0 Å². The molecule has 0 unspecified atom stereocenters. The molecule has 0 amide bonds. The van der Waals surface area contributed by atoms with Gasteiger partial charge in [0.2, 0.25) is 0 Å². The molecular weight excluding hydrogens is 420 g/mol. The van der Waals surface area contributed by atoms with Crippen molar-refractivity contribution < 1.29 is 4.74 Å². The van der Waals surface area contributed by atoms with Crippen LogP contribution in [0.1, 0.15) is 174 Å². The normalized spacial score (nSPS) is 11.1.